The van der Waals surface area contributed by atoms with E-state index in [0.29, 0.717) is 49.1 Å². The van der Waals surface area contributed by atoms with Crippen LogP contribution in [0.2, 0.25) is 0 Å². The van der Waals surface area contributed by atoms with Gasteiger partial charge in [0.05, 0.1) is 30.8 Å². The number of aryl methyl sites for hydroxylation is 1. The van der Waals surface area contributed by atoms with E-state index < -0.39 is 10.9 Å². The molecule has 0 bridgehead atoms. The van der Waals surface area contributed by atoms with Gasteiger partial charge >= 0.3 is 5.97 Å². The maximum Gasteiger partial charge on any atom is 0.306 e. The Kier molecular flexibility index (Phi) is 8.99. The van der Waals surface area contributed by atoms with E-state index in [1.807, 2.05) is 6.92 Å². The van der Waals surface area contributed by atoms with Gasteiger partial charge in [0.15, 0.2) is 11.5 Å². The van der Waals surface area contributed by atoms with Crippen molar-refractivity contribution in [2.24, 2.45) is 0 Å². The van der Waals surface area contributed by atoms with Crippen LogP contribution in [0.25, 0.3) is 0 Å². The summed E-state index contributed by atoms with van der Waals surface area (Å²) in [5, 5.41) is 11.3. The fraction of sp³-hybridized carbons (Fsp3) is 0.562. The van der Waals surface area contributed by atoms with E-state index in [9.17, 15) is 14.9 Å². The van der Waals surface area contributed by atoms with Crippen LogP contribution in [0.1, 0.15) is 32.3 Å². The summed E-state index contributed by atoms with van der Waals surface area (Å²) in [5.41, 5.74) is 0.322. The molecule has 0 N–H and O–H groups in total. The average molecular weight is 357 g/mol. The SMILES string of the molecule is CCOc1cc(CCC(=O)OCCCS)c([N+](=O)[O-])cc1OCC. The van der Waals surface area contributed by atoms with Crippen LogP contribution in [0.3, 0.4) is 0 Å². The van der Waals surface area contributed by atoms with E-state index in [0.717, 1.165) is 0 Å². The molecular formula is C16H23NO6S. The lowest BCUT2D eigenvalue weighted by Crippen LogP contribution is -2.09. The molecule has 0 fully saturated rings. The molecule has 0 heterocycles. The Balaban J connectivity index is 2.92. The molecule has 0 aliphatic heterocycles. The van der Waals surface area contributed by atoms with E-state index in [-0.39, 0.29) is 18.5 Å². The number of hydrogen-bond donors (Lipinski definition) is 1. The van der Waals surface area contributed by atoms with E-state index in [2.05, 4.69) is 12.6 Å². The zero-order valence-corrected chi connectivity index (χ0v) is 14.8. The highest BCUT2D eigenvalue weighted by molar-refractivity contribution is 7.80. The lowest BCUT2D eigenvalue weighted by atomic mass is 10.1. The summed E-state index contributed by atoms with van der Waals surface area (Å²) in [6.07, 6.45) is 0.933. The van der Waals surface area contributed by atoms with Gasteiger partial charge in [-0.3, -0.25) is 14.9 Å². The molecule has 0 spiro atoms. The average Bonchev–Trinajstić information content (AvgIpc) is 2.55. The monoisotopic (exact) mass is 357 g/mol. The van der Waals surface area contributed by atoms with Crippen LogP contribution in [0.4, 0.5) is 5.69 Å². The van der Waals surface area contributed by atoms with Gasteiger partial charge in [0.2, 0.25) is 0 Å². The number of rotatable bonds is 11. The van der Waals surface area contributed by atoms with Crippen molar-refractivity contribution in [3.05, 3.63) is 27.8 Å². The molecule has 134 valence electrons. The molecular weight excluding hydrogens is 334 g/mol. The number of nitro benzene ring substituents is 1. The van der Waals surface area contributed by atoms with Gasteiger partial charge in [0.1, 0.15) is 0 Å². The summed E-state index contributed by atoms with van der Waals surface area (Å²) in [6, 6.07) is 2.91. The minimum absolute atomic E-state index is 0.0625. The summed E-state index contributed by atoms with van der Waals surface area (Å²) >= 11 is 4.03. The van der Waals surface area contributed by atoms with E-state index in [4.69, 9.17) is 14.2 Å². The molecule has 0 aliphatic carbocycles. The van der Waals surface area contributed by atoms with Crippen LogP contribution < -0.4 is 9.47 Å². The van der Waals surface area contributed by atoms with Crippen molar-refractivity contribution in [3.8, 4) is 11.5 Å². The van der Waals surface area contributed by atoms with Gasteiger partial charge in [-0.05, 0) is 38.5 Å². The van der Waals surface area contributed by atoms with Gasteiger partial charge in [0, 0.05) is 12.0 Å². The van der Waals surface area contributed by atoms with Crippen molar-refractivity contribution in [1.82, 2.24) is 0 Å². The van der Waals surface area contributed by atoms with Crippen molar-refractivity contribution in [3.63, 3.8) is 0 Å². The second kappa shape index (κ2) is 10.7. The van der Waals surface area contributed by atoms with Crippen molar-refractivity contribution in [2.75, 3.05) is 25.6 Å². The second-order valence-corrected chi connectivity index (χ2v) is 5.30. The number of ether oxygens (including phenoxy) is 3. The third-order valence-electron chi connectivity index (χ3n) is 3.11. The first kappa shape index (κ1) is 20.1. The standard InChI is InChI=1S/C16H23NO6S/c1-3-21-14-10-12(6-7-16(18)23-8-5-9-24)13(17(19)20)11-15(14)22-4-2/h10-11,24H,3-9H2,1-2H3. The number of carbonyl (C=O) groups excluding carboxylic acids is 1. The normalized spacial score (nSPS) is 10.3. The number of thiol groups is 1. The number of nitrogens with zero attached hydrogens (tertiary/aromatic N) is 1. The second-order valence-electron chi connectivity index (χ2n) is 4.85. The Hall–Kier alpha value is -1.96. The van der Waals surface area contributed by atoms with Gasteiger partial charge in [0.25, 0.3) is 5.69 Å². The third-order valence-corrected chi connectivity index (χ3v) is 3.42. The number of hydrogen-bond acceptors (Lipinski definition) is 7. The highest BCUT2D eigenvalue weighted by Gasteiger charge is 2.20. The molecule has 24 heavy (non-hydrogen) atoms. The Bertz CT molecular complexity index is 564. The fourth-order valence-electron chi connectivity index (χ4n) is 2.06. The highest BCUT2D eigenvalue weighted by Crippen LogP contribution is 2.35. The largest absolute Gasteiger partial charge is 0.490 e. The minimum Gasteiger partial charge on any atom is -0.490 e. The fourth-order valence-corrected chi connectivity index (χ4v) is 2.19. The molecule has 0 radical (unpaired) electrons. The first-order valence-electron chi connectivity index (χ1n) is 7.86. The summed E-state index contributed by atoms with van der Waals surface area (Å²) in [5.74, 6) is 1.00. The predicted octanol–water partition coefficient (Wildman–Crippen LogP) is 3.19. The van der Waals surface area contributed by atoms with Crippen LogP contribution in [-0.2, 0) is 16.0 Å². The topological polar surface area (TPSA) is 87.9 Å². The highest BCUT2D eigenvalue weighted by atomic mass is 32.1. The van der Waals surface area contributed by atoms with Crippen molar-refractivity contribution >= 4 is 24.3 Å². The zero-order valence-electron chi connectivity index (χ0n) is 13.9. The predicted molar refractivity (Wildman–Crippen MR) is 93.2 cm³/mol. The van der Waals surface area contributed by atoms with Gasteiger partial charge < -0.3 is 14.2 Å². The molecule has 0 amide bonds. The maximum absolute atomic E-state index is 11.7. The van der Waals surface area contributed by atoms with E-state index in [1.165, 1.54) is 6.07 Å². The Morgan fingerprint density at radius 2 is 1.83 bits per heavy atom. The quantitative estimate of drug-likeness (QED) is 0.215. The van der Waals surface area contributed by atoms with Gasteiger partial charge in [-0.25, -0.2) is 0 Å². The lowest BCUT2D eigenvalue weighted by Gasteiger charge is -2.13. The van der Waals surface area contributed by atoms with Crippen LogP contribution in [0.5, 0.6) is 11.5 Å². The first-order chi connectivity index (χ1) is 11.5. The Labute approximate surface area is 146 Å². The summed E-state index contributed by atoms with van der Waals surface area (Å²) in [6.45, 7) is 4.68. The van der Waals surface area contributed by atoms with Crippen molar-refractivity contribution in [1.29, 1.82) is 0 Å². The summed E-state index contributed by atoms with van der Waals surface area (Å²) in [4.78, 5) is 22.5. The first-order valence-corrected chi connectivity index (χ1v) is 8.50. The molecule has 0 aromatic heterocycles. The number of nitro groups is 1. The molecule has 0 saturated heterocycles. The molecule has 0 unspecified atom stereocenters. The summed E-state index contributed by atoms with van der Waals surface area (Å²) in [7, 11) is 0. The molecule has 8 heteroatoms. The molecule has 7 nitrogen and oxygen atoms in total. The van der Waals surface area contributed by atoms with E-state index in [1.54, 1.807) is 13.0 Å². The lowest BCUT2D eigenvalue weighted by molar-refractivity contribution is -0.385. The van der Waals surface area contributed by atoms with Crippen molar-refractivity contribution in [2.45, 2.75) is 33.1 Å². The third kappa shape index (κ3) is 6.27. The number of carbonyl (C=O) groups is 1. The molecule has 1 aromatic rings. The van der Waals surface area contributed by atoms with Crippen LogP contribution in [0, 0.1) is 10.1 Å². The molecule has 0 atom stereocenters. The molecule has 1 rings (SSSR count). The van der Waals surface area contributed by atoms with Gasteiger partial charge in [-0.2, -0.15) is 12.6 Å². The van der Waals surface area contributed by atoms with E-state index >= 15 is 0 Å². The van der Waals surface area contributed by atoms with Gasteiger partial charge in [-0.15, -0.1) is 0 Å². The van der Waals surface area contributed by atoms with Gasteiger partial charge in [-0.1, -0.05) is 0 Å². The minimum atomic E-state index is -0.486. The molecule has 1 aromatic carbocycles. The van der Waals surface area contributed by atoms with Crippen LogP contribution in [-0.4, -0.2) is 36.5 Å². The smallest absolute Gasteiger partial charge is 0.306 e. The number of benzene rings is 1. The molecule has 0 aliphatic rings. The van der Waals surface area contributed by atoms with Crippen LogP contribution >= 0.6 is 12.6 Å². The Morgan fingerprint density at radius 1 is 1.21 bits per heavy atom. The Morgan fingerprint density at radius 3 is 2.38 bits per heavy atom. The summed E-state index contributed by atoms with van der Waals surface area (Å²) < 4.78 is 15.9. The zero-order chi connectivity index (χ0) is 17.9. The van der Waals surface area contributed by atoms with Crippen LogP contribution in [0.15, 0.2) is 12.1 Å². The van der Waals surface area contributed by atoms with Crippen molar-refractivity contribution < 1.29 is 23.9 Å². The maximum atomic E-state index is 11.7. The number of esters is 1. The molecule has 0 saturated carbocycles.